The monoisotopic (exact) mass is 319 g/mol. The number of carbonyl (C=O) groups is 1. The van der Waals surface area contributed by atoms with Crippen LogP contribution in [0.15, 0.2) is 36.7 Å². The van der Waals surface area contributed by atoms with Crippen LogP contribution in [0.5, 0.6) is 5.75 Å². The number of para-hydroxylation sites is 1. The van der Waals surface area contributed by atoms with Gasteiger partial charge in [0.25, 0.3) is 0 Å². The summed E-state index contributed by atoms with van der Waals surface area (Å²) in [4.78, 5) is 26.8. The van der Waals surface area contributed by atoms with E-state index in [0.717, 1.165) is 10.4 Å². The van der Waals surface area contributed by atoms with Crippen molar-refractivity contribution in [3.8, 4) is 5.75 Å². The molecule has 1 aromatic carbocycles. The number of benzene rings is 1. The Morgan fingerprint density at radius 1 is 1.39 bits per heavy atom. The van der Waals surface area contributed by atoms with Crippen molar-refractivity contribution in [2.24, 2.45) is 0 Å². The zero-order chi connectivity index (χ0) is 16.7. The molecule has 1 heterocycles. The molecule has 1 amide bonds. The predicted molar refractivity (Wildman–Crippen MR) is 80.9 cm³/mol. The van der Waals surface area contributed by atoms with Crippen molar-refractivity contribution in [1.29, 1.82) is 0 Å². The average Bonchev–Trinajstić information content (AvgIpc) is 3.01. The molecule has 0 radical (unpaired) electrons. The molecule has 9 nitrogen and oxygen atoms in total. The van der Waals surface area contributed by atoms with Gasteiger partial charge >= 0.3 is 5.95 Å². The first-order valence-corrected chi connectivity index (χ1v) is 7.02. The van der Waals surface area contributed by atoms with Gasteiger partial charge in [-0.25, -0.2) is 0 Å². The van der Waals surface area contributed by atoms with Gasteiger partial charge in [0.05, 0.1) is 6.61 Å². The minimum Gasteiger partial charge on any atom is -0.494 e. The van der Waals surface area contributed by atoms with Gasteiger partial charge in [-0.1, -0.05) is 23.2 Å². The number of ether oxygens (including phenoxy) is 1. The molecular formula is C14H17N5O4. The summed E-state index contributed by atoms with van der Waals surface area (Å²) in [7, 11) is 1.66. The Labute approximate surface area is 132 Å². The van der Waals surface area contributed by atoms with E-state index < -0.39 is 10.9 Å². The molecule has 0 aliphatic heterocycles. The second-order valence-corrected chi connectivity index (χ2v) is 4.83. The fourth-order valence-electron chi connectivity index (χ4n) is 1.84. The van der Waals surface area contributed by atoms with Crippen LogP contribution >= 0.6 is 0 Å². The SMILES string of the molecule is CN(CCCOc1ccccc1)C(=O)Cn1cnc([N+](=O)[O-])n1. The Hall–Kier alpha value is -2.97. The molecule has 2 aromatic rings. The molecule has 0 aliphatic carbocycles. The van der Waals surface area contributed by atoms with E-state index in [-0.39, 0.29) is 12.5 Å². The van der Waals surface area contributed by atoms with Gasteiger partial charge in [0.15, 0.2) is 0 Å². The molecule has 9 heteroatoms. The van der Waals surface area contributed by atoms with Crippen molar-refractivity contribution in [1.82, 2.24) is 19.7 Å². The number of nitro groups is 1. The number of likely N-dealkylation sites (N-methyl/N-ethyl adjacent to an activating group) is 1. The summed E-state index contributed by atoms with van der Waals surface area (Å²) >= 11 is 0. The molecule has 0 unspecified atom stereocenters. The van der Waals surface area contributed by atoms with Crippen molar-refractivity contribution >= 4 is 11.9 Å². The highest BCUT2D eigenvalue weighted by molar-refractivity contribution is 5.75. The summed E-state index contributed by atoms with van der Waals surface area (Å²) in [5.74, 6) is 0.0672. The van der Waals surface area contributed by atoms with Crippen LogP contribution < -0.4 is 4.74 Å². The smallest absolute Gasteiger partial charge is 0.490 e. The van der Waals surface area contributed by atoms with Crippen LogP contribution in [0.1, 0.15) is 6.42 Å². The van der Waals surface area contributed by atoms with Gasteiger partial charge in [0.1, 0.15) is 12.3 Å². The normalized spacial score (nSPS) is 10.3. The molecule has 0 atom stereocenters. The molecule has 0 saturated carbocycles. The fourth-order valence-corrected chi connectivity index (χ4v) is 1.84. The summed E-state index contributed by atoms with van der Waals surface area (Å²) in [5, 5.41) is 14.1. The largest absolute Gasteiger partial charge is 0.494 e. The number of hydrogen-bond acceptors (Lipinski definition) is 6. The Morgan fingerprint density at radius 2 is 2.13 bits per heavy atom. The topological polar surface area (TPSA) is 103 Å². The van der Waals surface area contributed by atoms with Crippen molar-refractivity contribution < 1.29 is 14.5 Å². The lowest BCUT2D eigenvalue weighted by atomic mass is 10.3. The first-order valence-electron chi connectivity index (χ1n) is 7.02. The first-order chi connectivity index (χ1) is 11.1. The van der Waals surface area contributed by atoms with E-state index in [2.05, 4.69) is 10.1 Å². The van der Waals surface area contributed by atoms with Gasteiger partial charge in [0.2, 0.25) is 12.2 Å². The van der Waals surface area contributed by atoms with Gasteiger partial charge in [-0.2, -0.15) is 4.68 Å². The van der Waals surface area contributed by atoms with Crippen LogP contribution in [0.25, 0.3) is 0 Å². The van der Waals surface area contributed by atoms with Crippen LogP contribution in [0.3, 0.4) is 0 Å². The molecule has 0 N–H and O–H groups in total. The Bertz CT molecular complexity index is 658. The van der Waals surface area contributed by atoms with E-state index in [0.29, 0.717) is 19.6 Å². The van der Waals surface area contributed by atoms with Gasteiger partial charge in [0, 0.05) is 18.7 Å². The highest BCUT2D eigenvalue weighted by Gasteiger charge is 2.17. The van der Waals surface area contributed by atoms with Crippen LogP contribution in [0, 0.1) is 10.1 Å². The van der Waals surface area contributed by atoms with E-state index in [4.69, 9.17) is 4.74 Å². The van der Waals surface area contributed by atoms with Crippen molar-refractivity contribution in [2.45, 2.75) is 13.0 Å². The third kappa shape index (κ3) is 5.06. The van der Waals surface area contributed by atoms with Crippen LogP contribution in [-0.2, 0) is 11.3 Å². The van der Waals surface area contributed by atoms with Gasteiger partial charge in [-0.3, -0.25) is 4.79 Å². The van der Waals surface area contributed by atoms with E-state index in [9.17, 15) is 14.9 Å². The van der Waals surface area contributed by atoms with Crippen LogP contribution in [-0.4, -0.2) is 50.7 Å². The molecule has 1 aromatic heterocycles. The lowest BCUT2D eigenvalue weighted by molar-refractivity contribution is -0.394. The van der Waals surface area contributed by atoms with Crippen molar-refractivity contribution in [3.63, 3.8) is 0 Å². The third-order valence-electron chi connectivity index (χ3n) is 3.06. The first kappa shape index (κ1) is 16.4. The molecule has 0 bridgehead atoms. The van der Waals surface area contributed by atoms with Gasteiger partial charge in [-0.05, 0) is 23.5 Å². The standard InChI is InChI=1S/C14H17N5O4/c1-17(8-5-9-23-12-6-3-2-4-7-12)13(20)10-18-11-15-14(16-18)19(21)22/h2-4,6-7,11H,5,8-10H2,1H3. The van der Waals surface area contributed by atoms with Crippen molar-refractivity contribution in [2.75, 3.05) is 20.2 Å². The lowest BCUT2D eigenvalue weighted by Gasteiger charge is -2.16. The maximum absolute atomic E-state index is 12.0. The number of nitrogens with zero attached hydrogens (tertiary/aromatic N) is 5. The second kappa shape index (κ2) is 7.87. The summed E-state index contributed by atoms with van der Waals surface area (Å²) in [5.41, 5.74) is 0. The van der Waals surface area contributed by atoms with E-state index in [1.165, 1.54) is 11.2 Å². The summed E-state index contributed by atoms with van der Waals surface area (Å²) in [6, 6.07) is 9.43. The number of rotatable bonds is 8. The lowest BCUT2D eigenvalue weighted by Crippen LogP contribution is -2.31. The zero-order valence-electron chi connectivity index (χ0n) is 12.7. The summed E-state index contributed by atoms with van der Waals surface area (Å²) in [6.07, 6.45) is 1.84. The average molecular weight is 319 g/mol. The molecule has 0 aliphatic rings. The summed E-state index contributed by atoms with van der Waals surface area (Å²) < 4.78 is 6.69. The molecule has 23 heavy (non-hydrogen) atoms. The Morgan fingerprint density at radius 3 is 2.78 bits per heavy atom. The van der Waals surface area contributed by atoms with Crippen LogP contribution in [0.2, 0.25) is 0 Å². The van der Waals surface area contributed by atoms with Gasteiger partial charge < -0.3 is 19.8 Å². The fraction of sp³-hybridized carbons (Fsp3) is 0.357. The van der Waals surface area contributed by atoms with Crippen molar-refractivity contribution in [3.05, 3.63) is 46.8 Å². The Balaban J connectivity index is 1.71. The molecule has 0 spiro atoms. The molecule has 0 fully saturated rings. The minimum atomic E-state index is -0.703. The molecule has 122 valence electrons. The number of carbonyl (C=O) groups excluding carboxylic acids is 1. The molecular weight excluding hydrogens is 302 g/mol. The second-order valence-electron chi connectivity index (χ2n) is 4.83. The molecule has 2 rings (SSSR count). The maximum atomic E-state index is 12.0. The van der Waals surface area contributed by atoms with E-state index in [1.807, 2.05) is 30.3 Å². The maximum Gasteiger partial charge on any atom is 0.490 e. The molecule has 0 saturated heterocycles. The van der Waals surface area contributed by atoms with Gasteiger partial charge in [-0.15, -0.1) is 0 Å². The highest BCUT2D eigenvalue weighted by atomic mass is 16.6. The predicted octanol–water partition coefficient (Wildman–Crippen LogP) is 1.11. The van der Waals surface area contributed by atoms with Crippen LogP contribution in [0.4, 0.5) is 5.95 Å². The highest BCUT2D eigenvalue weighted by Crippen LogP contribution is 2.08. The zero-order valence-corrected chi connectivity index (χ0v) is 12.7. The third-order valence-corrected chi connectivity index (χ3v) is 3.06. The number of hydrogen-bond donors (Lipinski definition) is 0. The van der Waals surface area contributed by atoms with E-state index >= 15 is 0 Å². The number of amides is 1. The number of aromatic nitrogens is 3. The quantitative estimate of drug-likeness (QED) is 0.410. The minimum absolute atomic E-state index is 0.0864. The summed E-state index contributed by atoms with van der Waals surface area (Å²) in [6.45, 7) is 0.926. The Kier molecular flexibility index (Phi) is 5.61. The van der Waals surface area contributed by atoms with E-state index in [1.54, 1.807) is 7.05 Å².